The van der Waals surface area contributed by atoms with Crippen molar-refractivity contribution in [2.45, 2.75) is 17.5 Å². The number of hydrogen-bond donors (Lipinski definition) is 1. The average molecular weight is 445 g/mol. The highest BCUT2D eigenvalue weighted by Gasteiger charge is 2.27. The summed E-state index contributed by atoms with van der Waals surface area (Å²) in [6, 6.07) is 3.19. The molecule has 0 saturated heterocycles. The van der Waals surface area contributed by atoms with Crippen molar-refractivity contribution in [3.8, 4) is 11.1 Å². The predicted molar refractivity (Wildman–Crippen MR) is 106 cm³/mol. The van der Waals surface area contributed by atoms with Crippen molar-refractivity contribution < 1.29 is 13.5 Å². The lowest BCUT2D eigenvalue weighted by Crippen LogP contribution is -2.34. The van der Waals surface area contributed by atoms with E-state index in [1.54, 1.807) is 0 Å². The van der Waals surface area contributed by atoms with Gasteiger partial charge in [0.15, 0.2) is 0 Å². The number of thioether (sulfide) groups is 1. The van der Waals surface area contributed by atoms with Gasteiger partial charge in [0, 0.05) is 35.0 Å². The van der Waals surface area contributed by atoms with Crippen LogP contribution >= 0.6 is 35.0 Å². The van der Waals surface area contributed by atoms with E-state index in [2.05, 4.69) is 4.98 Å². The van der Waals surface area contributed by atoms with Crippen LogP contribution < -0.4 is 11.2 Å². The van der Waals surface area contributed by atoms with Gasteiger partial charge in [-0.2, -0.15) is 0 Å². The smallest absolute Gasteiger partial charge is 0.328 e. The second-order valence-corrected chi connectivity index (χ2v) is 8.09. The number of H-pyrrole nitrogens is 1. The fourth-order valence-corrected chi connectivity index (χ4v) is 5.09. The van der Waals surface area contributed by atoms with Crippen LogP contribution in [0.5, 0.6) is 0 Å². The maximum Gasteiger partial charge on any atom is 0.328 e. The molecule has 10 heteroatoms. The molecule has 0 aliphatic carbocycles. The Morgan fingerprint density at radius 2 is 1.93 bits per heavy atom. The zero-order chi connectivity index (χ0) is 20.2. The van der Waals surface area contributed by atoms with E-state index in [-0.39, 0.29) is 39.2 Å². The van der Waals surface area contributed by atoms with Crippen molar-refractivity contribution in [1.82, 2.24) is 9.55 Å². The topological polar surface area (TPSA) is 64.1 Å². The molecule has 28 heavy (non-hydrogen) atoms. The second-order valence-electron chi connectivity index (χ2n) is 6.24. The standard InChI is InChI=1S/C18H12Cl2F2N2O3S/c1-27-7-5-24-15-9(17(25)23-18(24)26)3-11(20)14(16(15)28-6-7)8-2-10(19)13(22)4-12(8)21/h2-4,7H,5-6H2,1H3,(H,23,25,26)/t7-/m1/s1. The van der Waals surface area contributed by atoms with Crippen molar-refractivity contribution >= 4 is 45.9 Å². The predicted octanol–water partition coefficient (Wildman–Crippen LogP) is 4.06. The molecule has 4 rings (SSSR count). The molecular formula is C18H12Cl2F2N2O3S. The van der Waals surface area contributed by atoms with Gasteiger partial charge in [-0.25, -0.2) is 13.6 Å². The van der Waals surface area contributed by atoms with Gasteiger partial charge in [0.2, 0.25) is 0 Å². The molecule has 1 atom stereocenters. The first-order valence-corrected chi connectivity index (χ1v) is 9.85. The molecule has 2 aromatic carbocycles. The van der Waals surface area contributed by atoms with Crippen LogP contribution in [0.3, 0.4) is 0 Å². The summed E-state index contributed by atoms with van der Waals surface area (Å²) in [5.74, 6) is -1.32. The molecule has 0 radical (unpaired) electrons. The van der Waals surface area contributed by atoms with Gasteiger partial charge in [0.1, 0.15) is 11.6 Å². The Bertz CT molecular complexity index is 1240. The molecule has 2 heterocycles. The van der Waals surface area contributed by atoms with E-state index in [1.165, 1.54) is 29.5 Å². The molecule has 1 aromatic heterocycles. The molecule has 1 N–H and O–H groups in total. The van der Waals surface area contributed by atoms with Crippen LogP contribution in [0.1, 0.15) is 0 Å². The lowest BCUT2D eigenvalue weighted by atomic mass is 10.0. The minimum Gasteiger partial charge on any atom is -0.379 e. The fourth-order valence-electron chi connectivity index (χ4n) is 3.25. The van der Waals surface area contributed by atoms with Crippen LogP contribution in [0.15, 0.2) is 32.7 Å². The number of nitrogens with one attached hydrogen (secondary N) is 1. The summed E-state index contributed by atoms with van der Waals surface area (Å²) in [6.45, 7) is 0.205. The largest absolute Gasteiger partial charge is 0.379 e. The molecule has 1 aliphatic heterocycles. The lowest BCUT2D eigenvalue weighted by Gasteiger charge is -2.16. The quantitative estimate of drug-likeness (QED) is 0.605. The summed E-state index contributed by atoms with van der Waals surface area (Å²) in [5.41, 5.74) is -0.642. The van der Waals surface area contributed by atoms with E-state index in [4.69, 9.17) is 27.9 Å². The summed E-state index contributed by atoms with van der Waals surface area (Å²) in [7, 11) is 1.52. The third-order valence-corrected chi connectivity index (χ3v) is 6.41. The molecule has 1 aliphatic rings. The molecule has 0 saturated carbocycles. The summed E-state index contributed by atoms with van der Waals surface area (Å²) < 4.78 is 35.0. The Kier molecular flexibility index (Phi) is 4.99. The summed E-state index contributed by atoms with van der Waals surface area (Å²) in [4.78, 5) is 27.5. The molecule has 5 nitrogen and oxygen atoms in total. The number of aromatic amines is 1. The van der Waals surface area contributed by atoms with Crippen molar-refractivity contribution in [2.24, 2.45) is 0 Å². The second kappa shape index (κ2) is 7.18. The third-order valence-electron chi connectivity index (χ3n) is 4.60. The van der Waals surface area contributed by atoms with Gasteiger partial charge in [-0.05, 0) is 12.1 Å². The van der Waals surface area contributed by atoms with Crippen molar-refractivity contribution in [2.75, 3.05) is 12.9 Å². The van der Waals surface area contributed by atoms with Crippen molar-refractivity contribution in [3.63, 3.8) is 0 Å². The fraction of sp³-hybridized carbons (Fsp3) is 0.222. The number of rotatable bonds is 2. The Balaban J connectivity index is 2.16. The molecular weight excluding hydrogens is 433 g/mol. The molecule has 0 unspecified atom stereocenters. The van der Waals surface area contributed by atoms with Crippen LogP contribution in [-0.2, 0) is 11.3 Å². The first-order chi connectivity index (χ1) is 13.3. The normalized spacial score (nSPS) is 16.4. The van der Waals surface area contributed by atoms with Gasteiger partial charge in [-0.15, -0.1) is 11.8 Å². The van der Waals surface area contributed by atoms with Crippen molar-refractivity contribution in [3.05, 3.63) is 60.7 Å². The van der Waals surface area contributed by atoms with Crippen LogP contribution in [-0.4, -0.2) is 28.5 Å². The van der Waals surface area contributed by atoms with Gasteiger partial charge >= 0.3 is 5.69 Å². The number of aromatic nitrogens is 2. The highest BCUT2D eigenvalue weighted by atomic mass is 35.5. The van der Waals surface area contributed by atoms with E-state index in [9.17, 15) is 18.4 Å². The monoisotopic (exact) mass is 444 g/mol. The summed E-state index contributed by atoms with van der Waals surface area (Å²) >= 11 is 13.5. The van der Waals surface area contributed by atoms with E-state index >= 15 is 0 Å². The van der Waals surface area contributed by atoms with Gasteiger partial charge in [-0.1, -0.05) is 23.2 Å². The first-order valence-electron chi connectivity index (χ1n) is 8.11. The molecule has 0 spiro atoms. The first kappa shape index (κ1) is 19.4. The number of halogens is 4. The van der Waals surface area contributed by atoms with E-state index in [0.717, 1.165) is 6.07 Å². The number of benzene rings is 2. The zero-order valence-electron chi connectivity index (χ0n) is 14.3. The molecule has 0 fully saturated rings. The minimum absolute atomic E-state index is 0.0176. The number of hydrogen-bond acceptors (Lipinski definition) is 4. The Morgan fingerprint density at radius 3 is 2.64 bits per heavy atom. The average Bonchev–Trinajstić information content (AvgIpc) is 2.84. The maximum absolute atomic E-state index is 14.6. The number of methoxy groups -OCH3 is 1. The molecule has 0 amide bonds. The maximum atomic E-state index is 14.6. The Hall–Kier alpha value is -1.87. The van der Waals surface area contributed by atoms with Gasteiger partial charge in [0.05, 0.1) is 33.6 Å². The summed E-state index contributed by atoms with van der Waals surface area (Å²) in [6.07, 6.45) is -0.322. The zero-order valence-corrected chi connectivity index (χ0v) is 16.6. The number of ether oxygens (including phenoxy) is 1. The van der Waals surface area contributed by atoms with Crippen LogP contribution in [0, 0.1) is 11.6 Å². The summed E-state index contributed by atoms with van der Waals surface area (Å²) in [5, 5.41) is 0.0146. The van der Waals surface area contributed by atoms with E-state index < -0.39 is 22.9 Å². The highest BCUT2D eigenvalue weighted by Crippen LogP contribution is 2.44. The van der Waals surface area contributed by atoms with Crippen LogP contribution in [0.2, 0.25) is 10.0 Å². The van der Waals surface area contributed by atoms with Crippen molar-refractivity contribution in [1.29, 1.82) is 0 Å². The molecule has 0 bridgehead atoms. The minimum atomic E-state index is -0.897. The van der Waals surface area contributed by atoms with Gasteiger partial charge in [-0.3, -0.25) is 14.3 Å². The SMILES string of the molecule is CO[C@H]1CSc2c(-c3cc(Cl)c(F)cc3F)c(Cl)cc3c(=O)[nH]c(=O)n(c23)C1. The number of nitrogens with zero attached hydrogens (tertiary/aromatic N) is 1. The molecule has 146 valence electrons. The van der Waals surface area contributed by atoms with Gasteiger partial charge in [0.25, 0.3) is 5.56 Å². The lowest BCUT2D eigenvalue weighted by molar-refractivity contribution is 0.107. The molecule has 3 aromatic rings. The van der Waals surface area contributed by atoms with Crippen LogP contribution in [0.4, 0.5) is 8.78 Å². The van der Waals surface area contributed by atoms with Crippen LogP contribution in [0.25, 0.3) is 22.0 Å². The van der Waals surface area contributed by atoms with E-state index in [1.807, 2.05) is 0 Å². The van der Waals surface area contributed by atoms with Gasteiger partial charge < -0.3 is 4.74 Å². The van der Waals surface area contributed by atoms with E-state index in [0.29, 0.717) is 22.2 Å². The third kappa shape index (κ3) is 3.04. The Morgan fingerprint density at radius 1 is 1.18 bits per heavy atom. The Labute approximate surface area is 171 Å². The highest BCUT2D eigenvalue weighted by molar-refractivity contribution is 7.99.